The average Bonchev–Trinajstić information content (AvgIpc) is 3.08. The van der Waals surface area contributed by atoms with Crippen LogP contribution < -0.4 is 5.32 Å². The van der Waals surface area contributed by atoms with Gasteiger partial charge in [-0.1, -0.05) is 48.0 Å². The van der Waals surface area contributed by atoms with Crippen LogP contribution in [-0.4, -0.2) is 22.5 Å². The van der Waals surface area contributed by atoms with Crippen LogP contribution >= 0.6 is 11.3 Å². The van der Waals surface area contributed by atoms with Crippen molar-refractivity contribution in [1.82, 2.24) is 9.97 Å². The summed E-state index contributed by atoms with van der Waals surface area (Å²) in [7, 11) is 0. The van der Waals surface area contributed by atoms with E-state index in [1.165, 1.54) is 23.2 Å². The van der Waals surface area contributed by atoms with Crippen LogP contribution in [-0.2, 0) is 11.2 Å². The number of carbonyl (C=O) groups is 1. The Morgan fingerprint density at radius 1 is 1.03 bits per heavy atom. The van der Waals surface area contributed by atoms with E-state index < -0.39 is 0 Å². The lowest BCUT2D eigenvalue weighted by molar-refractivity contribution is 0.0514. The van der Waals surface area contributed by atoms with Gasteiger partial charge in [0, 0.05) is 12.1 Å². The van der Waals surface area contributed by atoms with Gasteiger partial charge in [0.05, 0.1) is 12.0 Å². The minimum absolute atomic E-state index is 0.317. The molecule has 2 aromatic heterocycles. The predicted molar refractivity (Wildman–Crippen MR) is 117 cm³/mol. The number of ether oxygens (including phenoxy) is 1. The number of aromatic nitrogens is 2. The number of nitrogens with one attached hydrogen (secondary N) is 1. The number of thiophene rings is 1. The Balaban J connectivity index is 1.53. The van der Waals surface area contributed by atoms with Crippen molar-refractivity contribution in [3.8, 4) is 0 Å². The van der Waals surface area contributed by atoms with Crippen LogP contribution in [0.3, 0.4) is 0 Å². The first-order valence-corrected chi connectivity index (χ1v) is 10.2. The van der Waals surface area contributed by atoms with E-state index in [0.29, 0.717) is 23.7 Å². The van der Waals surface area contributed by atoms with Gasteiger partial charge in [0.25, 0.3) is 0 Å². The molecule has 1 N–H and O–H groups in total. The number of nitrogens with zero attached hydrogens (tertiary/aromatic N) is 2. The van der Waals surface area contributed by atoms with E-state index in [2.05, 4.69) is 15.3 Å². The third-order valence-corrected chi connectivity index (χ3v) is 5.87. The second-order valence-corrected chi connectivity index (χ2v) is 7.82. The molecule has 0 unspecified atom stereocenters. The molecule has 0 aliphatic rings. The van der Waals surface area contributed by atoms with E-state index in [1.807, 2.05) is 68.4 Å². The minimum Gasteiger partial charge on any atom is -0.461 e. The van der Waals surface area contributed by atoms with Crippen molar-refractivity contribution >= 4 is 39.0 Å². The SMILES string of the molecule is Cc1ccc(Nc2ncnc3sc(C(=O)OCCc4ccccc4)c(C)c23)cc1. The Kier molecular flexibility index (Phi) is 5.53. The highest BCUT2D eigenvalue weighted by Crippen LogP contribution is 2.34. The molecule has 4 aromatic rings. The molecule has 29 heavy (non-hydrogen) atoms. The first kappa shape index (κ1) is 19.1. The molecule has 0 spiro atoms. The Morgan fingerprint density at radius 3 is 2.55 bits per heavy atom. The molecule has 0 saturated carbocycles. The highest BCUT2D eigenvalue weighted by atomic mass is 32.1. The van der Waals surface area contributed by atoms with E-state index in [0.717, 1.165) is 27.0 Å². The summed E-state index contributed by atoms with van der Waals surface area (Å²) in [5.41, 5.74) is 4.11. The second-order valence-electron chi connectivity index (χ2n) is 6.82. The largest absolute Gasteiger partial charge is 0.461 e. The molecule has 6 heteroatoms. The standard InChI is InChI=1S/C23H21N3O2S/c1-15-8-10-18(11-9-15)26-21-19-16(2)20(29-22(19)25-14-24-21)23(27)28-13-12-17-6-4-3-5-7-17/h3-11,14H,12-13H2,1-2H3,(H,24,25,26). The first-order valence-electron chi connectivity index (χ1n) is 9.40. The van der Waals surface area contributed by atoms with Crippen molar-refractivity contribution in [1.29, 1.82) is 0 Å². The second kappa shape index (κ2) is 8.41. The number of anilines is 2. The third-order valence-electron chi connectivity index (χ3n) is 4.69. The molecule has 146 valence electrons. The molecule has 0 aliphatic heterocycles. The maximum Gasteiger partial charge on any atom is 0.348 e. The van der Waals surface area contributed by atoms with Gasteiger partial charge in [-0.15, -0.1) is 11.3 Å². The molecule has 0 amide bonds. The number of hydrogen-bond acceptors (Lipinski definition) is 6. The van der Waals surface area contributed by atoms with E-state index in [4.69, 9.17) is 4.74 Å². The molecule has 0 aliphatic carbocycles. The summed E-state index contributed by atoms with van der Waals surface area (Å²) in [4.78, 5) is 22.7. The van der Waals surface area contributed by atoms with Crippen molar-refractivity contribution in [3.05, 3.63) is 82.5 Å². The lowest BCUT2D eigenvalue weighted by atomic mass is 10.2. The Morgan fingerprint density at radius 2 is 1.79 bits per heavy atom. The molecule has 0 fully saturated rings. The molecule has 2 aromatic carbocycles. The topological polar surface area (TPSA) is 64.1 Å². The number of rotatable bonds is 6. The van der Waals surface area contributed by atoms with Crippen LogP contribution in [0.2, 0.25) is 0 Å². The number of esters is 1. The number of carbonyl (C=O) groups excluding carboxylic acids is 1. The van der Waals surface area contributed by atoms with Crippen molar-refractivity contribution in [2.45, 2.75) is 20.3 Å². The number of benzene rings is 2. The molecule has 0 bridgehead atoms. The molecule has 0 saturated heterocycles. The van der Waals surface area contributed by atoms with E-state index in [9.17, 15) is 4.79 Å². The van der Waals surface area contributed by atoms with Gasteiger partial charge in [0.2, 0.25) is 0 Å². The van der Waals surface area contributed by atoms with E-state index >= 15 is 0 Å². The van der Waals surface area contributed by atoms with Crippen molar-refractivity contribution in [2.75, 3.05) is 11.9 Å². The summed E-state index contributed by atoms with van der Waals surface area (Å²) in [5, 5.41) is 4.19. The minimum atomic E-state index is -0.317. The quantitative estimate of drug-likeness (QED) is 0.434. The summed E-state index contributed by atoms with van der Waals surface area (Å²) in [6.07, 6.45) is 2.20. The number of aryl methyl sites for hydroxylation is 2. The summed E-state index contributed by atoms with van der Waals surface area (Å²) in [6.45, 7) is 4.30. The summed E-state index contributed by atoms with van der Waals surface area (Å²) in [5.74, 6) is 0.374. The molecular weight excluding hydrogens is 382 g/mol. The van der Waals surface area contributed by atoms with Gasteiger partial charge >= 0.3 is 5.97 Å². The summed E-state index contributed by atoms with van der Waals surface area (Å²) < 4.78 is 5.52. The van der Waals surface area contributed by atoms with Gasteiger partial charge in [0.15, 0.2) is 0 Å². The van der Waals surface area contributed by atoms with Crippen molar-refractivity contribution < 1.29 is 9.53 Å². The molecule has 0 radical (unpaired) electrons. The number of fused-ring (bicyclic) bond motifs is 1. The zero-order valence-corrected chi connectivity index (χ0v) is 17.1. The van der Waals surface area contributed by atoms with Crippen molar-refractivity contribution in [3.63, 3.8) is 0 Å². The van der Waals surface area contributed by atoms with Crippen LogP contribution in [0.1, 0.15) is 26.4 Å². The van der Waals surface area contributed by atoms with Crippen LogP contribution in [0.15, 0.2) is 60.9 Å². The highest BCUT2D eigenvalue weighted by Gasteiger charge is 2.20. The Hall–Kier alpha value is -3.25. The lowest BCUT2D eigenvalue weighted by Crippen LogP contribution is -2.07. The first-order chi connectivity index (χ1) is 14.1. The third kappa shape index (κ3) is 4.27. The van der Waals surface area contributed by atoms with Gasteiger partial charge in [-0.05, 0) is 37.1 Å². The molecular formula is C23H21N3O2S. The summed E-state index contributed by atoms with van der Waals surface area (Å²) in [6, 6.07) is 18.1. The normalized spacial score (nSPS) is 10.8. The van der Waals surface area contributed by atoms with E-state index in [1.54, 1.807) is 0 Å². The van der Waals surface area contributed by atoms with Crippen LogP contribution in [0.4, 0.5) is 11.5 Å². The fourth-order valence-electron chi connectivity index (χ4n) is 3.11. The summed E-state index contributed by atoms with van der Waals surface area (Å²) >= 11 is 1.34. The van der Waals surface area contributed by atoms with Gasteiger partial charge < -0.3 is 10.1 Å². The van der Waals surface area contributed by atoms with Crippen LogP contribution in [0.5, 0.6) is 0 Å². The smallest absolute Gasteiger partial charge is 0.348 e. The van der Waals surface area contributed by atoms with Gasteiger partial charge in [-0.3, -0.25) is 0 Å². The lowest BCUT2D eigenvalue weighted by Gasteiger charge is -2.08. The number of hydrogen-bond donors (Lipinski definition) is 1. The molecule has 4 rings (SSSR count). The zero-order chi connectivity index (χ0) is 20.2. The Bertz CT molecular complexity index is 1140. The predicted octanol–water partition coefficient (Wildman–Crippen LogP) is 5.45. The molecule has 0 atom stereocenters. The zero-order valence-electron chi connectivity index (χ0n) is 16.3. The van der Waals surface area contributed by atoms with Gasteiger partial charge in [-0.25, -0.2) is 14.8 Å². The van der Waals surface area contributed by atoms with Gasteiger partial charge in [0.1, 0.15) is 21.9 Å². The van der Waals surface area contributed by atoms with Gasteiger partial charge in [-0.2, -0.15) is 0 Å². The van der Waals surface area contributed by atoms with E-state index in [-0.39, 0.29) is 5.97 Å². The average molecular weight is 404 g/mol. The van der Waals surface area contributed by atoms with Crippen LogP contribution in [0, 0.1) is 13.8 Å². The van der Waals surface area contributed by atoms with Crippen LogP contribution in [0.25, 0.3) is 10.2 Å². The molecule has 5 nitrogen and oxygen atoms in total. The maximum atomic E-state index is 12.7. The maximum absolute atomic E-state index is 12.7. The Labute approximate surface area is 173 Å². The highest BCUT2D eigenvalue weighted by molar-refractivity contribution is 7.20. The molecule has 2 heterocycles. The monoisotopic (exact) mass is 403 g/mol. The van der Waals surface area contributed by atoms with Crippen molar-refractivity contribution in [2.24, 2.45) is 0 Å². The fourth-order valence-corrected chi connectivity index (χ4v) is 4.15. The fraction of sp³-hybridized carbons (Fsp3) is 0.174.